The van der Waals surface area contributed by atoms with Crippen molar-refractivity contribution in [2.24, 2.45) is 0 Å². The largest absolute Gasteiger partial charge is 0.457 e. The lowest BCUT2D eigenvalue weighted by molar-refractivity contribution is 0.102. The molecule has 0 bridgehead atoms. The highest BCUT2D eigenvalue weighted by Crippen LogP contribution is 2.23. The van der Waals surface area contributed by atoms with Crippen molar-refractivity contribution in [2.75, 3.05) is 43.4 Å². The summed E-state index contributed by atoms with van der Waals surface area (Å²) in [7, 11) is 2.09. The summed E-state index contributed by atoms with van der Waals surface area (Å²) in [5, 5.41) is 2.80. The smallest absolute Gasteiger partial charge is 0.255 e. The third-order valence-electron chi connectivity index (χ3n) is 4.83. The molecule has 1 aromatic heterocycles. The second-order valence-electron chi connectivity index (χ2n) is 7.10. The lowest BCUT2D eigenvalue weighted by Crippen LogP contribution is -2.45. The van der Waals surface area contributed by atoms with Crippen LogP contribution < -0.4 is 15.0 Å². The van der Waals surface area contributed by atoms with E-state index in [2.05, 4.69) is 32.1 Å². The molecule has 7 nitrogen and oxygen atoms in total. The molecule has 1 aliphatic heterocycles. The number of carbonyl (C=O) groups is 1. The van der Waals surface area contributed by atoms with E-state index in [0.29, 0.717) is 28.7 Å². The van der Waals surface area contributed by atoms with E-state index >= 15 is 0 Å². The Bertz CT molecular complexity index is 1000. The van der Waals surface area contributed by atoms with Crippen molar-refractivity contribution in [1.29, 1.82) is 0 Å². The number of hydrogen-bond donors (Lipinski definition) is 1. The monoisotopic (exact) mass is 407 g/mol. The van der Waals surface area contributed by atoms with Crippen LogP contribution in [0, 0.1) is 5.82 Å². The fourth-order valence-corrected chi connectivity index (χ4v) is 3.10. The van der Waals surface area contributed by atoms with E-state index in [4.69, 9.17) is 4.74 Å². The summed E-state index contributed by atoms with van der Waals surface area (Å²) in [6.07, 6.45) is 3.22. The Balaban J connectivity index is 1.39. The molecule has 8 heteroatoms. The highest BCUT2D eigenvalue weighted by atomic mass is 19.1. The van der Waals surface area contributed by atoms with Crippen LogP contribution >= 0.6 is 0 Å². The molecule has 0 radical (unpaired) electrons. The number of anilines is 2. The molecule has 0 saturated carbocycles. The van der Waals surface area contributed by atoms with Crippen LogP contribution in [0.2, 0.25) is 0 Å². The minimum atomic E-state index is -0.337. The van der Waals surface area contributed by atoms with Gasteiger partial charge in [-0.25, -0.2) is 14.4 Å². The molecule has 3 aromatic rings. The summed E-state index contributed by atoms with van der Waals surface area (Å²) >= 11 is 0. The van der Waals surface area contributed by atoms with Gasteiger partial charge in [-0.2, -0.15) is 0 Å². The molecule has 0 atom stereocenters. The molecular formula is C22H22FN5O2. The molecule has 1 fully saturated rings. The Morgan fingerprint density at radius 3 is 2.40 bits per heavy atom. The van der Waals surface area contributed by atoms with Gasteiger partial charge in [0.15, 0.2) is 0 Å². The molecule has 0 spiro atoms. The zero-order valence-electron chi connectivity index (χ0n) is 16.6. The first-order valence-electron chi connectivity index (χ1n) is 9.67. The summed E-state index contributed by atoms with van der Waals surface area (Å²) < 4.78 is 18.7. The van der Waals surface area contributed by atoms with E-state index in [1.807, 2.05) is 0 Å². The van der Waals surface area contributed by atoms with Gasteiger partial charge in [-0.05, 0) is 49.5 Å². The predicted molar refractivity (Wildman–Crippen MR) is 113 cm³/mol. The number of likely N-dealkylation sites (N-methyl/N-ethyl adjacent to an activating group) is 1. The van der Waals surface area contributed by atoms with Gasteiger partial charge in [-0.1, -0.05) is 6.07 Å². The zero-order valence-corrected chi connectivity index (χ0v) is 16.6. The van der Waals surface area contributed by atoms with Crippen LogP contribution in [0.5, 0.6) is 11.5 Å². The third kappa shape index (κ3) is 4.90. The zero-order chi connectivity index (χ0) is 20.9. The molecule has 30 heavy (non-hydrogen) atoms. The first kappa shape index (κ1) is 19.8. The summed E-state index contributed by atoms with van der Waals surface area (Å²) in [6, 6.07) is 12.5. The van der Waals surface area contributed by atoms with Crippen LogP contribution in [0.15, 0.2) is 60.9 Å². The average molecular weight is 407 g/mol. The van der Waals surface area contributed by atoms with Crippen molar-refractivity contribution in [3.63, 3.8) is 0 Å². The second kappa shape index (κ2) is 8.87. The van der Waals surface area contributed by atoms with Gasteiger partial charge in [-0.15, -0.1) is 0 Å². The van der Waals surface area contributed by atoms with Crippen LogP contribution in [-0.2, 0) is 0 Å². The summed E-state index contributed by atoms with van der Waals surface area (Å²) in [5.74, 6) is 1.00. The van der Waals surface area contributed by atoms with Crippen LogP contribution in [-0.4, -0.2) is 54.0 Å². The quantitative estimate of drug-likeness (QED) is 0.699. The number of aromatic nitrogens is 2. The molecule has 0 unspecified atom stereocenters. The van der Waals surface area contributed by atoms with Crippen LogP contribution in [0.25, 0.3) is 0 Å². The topological polar surface area (TPSA) is 70.6 Å². The normalized spacial score (nSPS) is 14.4. The van der Waals surface area contributed by atoms with E-state index < -0.39 is 0 Å². The lowest BCUT2D eigenvalue weighted by atomic mass is 10.2. The maximum absolute atomic E-state index is 13.0. The number of hydrogen-bond acceptors (Lipinski definition) is 6. The first-order chi connectivity index (χ1) is 14.6. The van der Waals surface area contributed by atoms with Crippen molar-refractivity contribution in [3.8, 4) is 11.5 Å². The van der Waals surface area contributed by atoms with Crippen LogP contribution in [0.3, 0.4) is 0 Å². The molecule has 1 saturated heterocycles. The van der Waals surface area contributed by atoms with Crippen LogP contribution in [0.1, 0.15) is 10.4 Å². The van der Waals surface area contributed by atoms with Gasteiger partial charge in [0.1, 0.15) is 17.3 Å². The maximum Gasteiger partial charge on any atom is 0.255 e. The Kier molecular flexibility index (Phi) is 5.85. The Hall–Kier alpha value is -3.52. The molecule has 1 amide bonds. The molecule has 2 heterocycles. The number of nitrogens with zero attached hydrogens (tertiary/aromatic N) is 4. The molecule has 154 valence electrons. The number of halogens is 1. The SMILES string of the molecule is CN1CCN(c2ncc(NC(=O)c3cccc(Oc4ccc(F)cc4)c3)cn2)CC1. The number of rotatable bonds is 5. The van der Waals surface area contributed by atoms with Gasteiger partial charge in [0.2, 0.25) is 5.95 Å². The number of benzene rings is 2. The van der Waals surface area contributed by atoms with Gasteiger partial charge in [0, 0.05) is 31.7 Å². The van der Waals surface area contributed by atoms with Crippen molar-refractivity contribution in [3.05, 3.63) is 72.3 Å². The average Bonchev–Trinajstić information content (AvgIpc) is 2.77. The molecule has 1 N–H and O–H groups in total. The van der Waals surface area contributed by atoms with Gasteiger partial charge in [-0.3, -0.25) is 4.79 Å². The van der Waals surface area contributed by atoms with E-state index in [9.17, 15) is 9.18 Å². The van der Waals surface area contributed by atoms with Crippen molar-refractivity contribution in [2.45, 2.75) is 0 Å². The van der Waals surface area contributed by atoms with Gasteiger partial charge < -0.3 is 19.9 Å². The highest BCUT2D eigenvalue weighted by Gasteiger charge is 2.16. The van der Waals surface area contributed by atoms with E-state index in [1.54, 1.807) is 36.7 Å². The molecule has 1 aliphatic rings. The number of nitrogens with one attached hydrogen (secondary N) is 1. The summed E-state index contributed by atoms with van der Waals surface area (Å²) in [4.78, 5) is 25.7. The van der Waals surface area contributed by atoms with Crippen molar-refractivity contribution in [1.82, 2.24) is 14.9 Å². The molecule has 0 aliphatic carbocycles. The Labute approximate surface area is 174 Å². The van der Waals surface area contributed by atoms with Gasteiger partial charge in [0.05, 0.1) is 18.1 Å². The van der Waals surface area contributed by atoms with Gasteiger partial charge in [0.25, 0.3) is 5.91 Å². The van der Waals surface area contributed by atoms with Gasteiger partial charge >= 0.3 is 0 Å². The fraction of sp³-hybridized carbons (Fsp3) is 0.227. The summed E-state index contributed by atoms with van der Waals surface area (Å²) in [6.45, 7) is 3.70. The van der Waals surface area contributed by atoms with E-state index in [1.165, 1.54) is 24.3 Å². The second-order valence-corrected chi connectivity index (χ2v) is 7.10. The van der Waals surface area contributed by atoms with Crippen molar-refractivity contribution < 1.29 is 13.9 Å². The number of amides is 1. The highest BCUT2D eigenvalue weighted by molar-refractivity contribution is 6.04. The Morgan fingerprint density at radius 2 is 1.70 bits per heavy atom. The third-order valence-corrected chi connectivity index (χ3v) is 4.83. The van der Waals surface area contributed by atoms with Crippen LogP contribution in [0.4, 0.5) is 16.0 Å². The minimum absolute atomic E-state index is 0.296. The standard InChI is InChI=1S/C22H22FN5O2/c1-27-9-11-28(12-10-27)22-24-14-18(15-25-22)26-21(29)16-3-2-4-20(13-16)30-19-7-5-17(23)6-8-19/h2-8,13-15H,9-12H2,1H3,(H,26,29). The molecule has 2 aromatic carbocycles. The number of piperazine rings is 1. The fourth-order valence-electron chi connectivity index (χ4n) is 3.10. The minimum Gasteiger partial charge on any atom is -0.457 e. The number of ether oxygens (including phenoxy) is 1. The van der Waals surface area contributed by atoms with Crippen molar-refractivity contribution >= 4 is 17.5 Å². The predicted octanol–water partition coefficient (Wildman–Crippen LogP) is 3.41. The number of carbonyl (C=O) groups excluding carboxylic acids is 1. The molecular weight excluding hydrogens is 385 g/mol. The first-order valence-corrected chi connectivity index (χ1v) is 9.67. The Morgan fingerprint density at radius 1 is 1.00 bits per heavy atom. The molecule has 4 rings (SSSR count). The lowest BCUT2D eigenvalue weighted by Gasteiger charge is -2.32. The van der Waals surface area contributed by atoms with E-state index in [-0.39, 0.29) is 11.7 Å². The summed E-state index contributed by atoms with van der Waals surface area (Å²) in [5.41, 5.74) is 0.945. The maximum atomic E-state index is 13.0. The van der Waals surface area contributed by atoms with E-state index in [0.717, 1.165) is 26.2 Å².